The Kier molecular flexibility index (Phi) is 5.47. The number of halogens is 1. The highest BCUT2D eigenvalue weighted by Crippen LogP contribution is 2.47. The van der Waals surface area contributed by atoms with Crippen molar-refractivity contribution in [3.8, 4) is 11.3 Å². The predicted octanol–water partition coefficient (Wildman–Crippen LogP) is 3.63. The van der Waals surface area contributed by atoms with Crippen molar-refractivity contribution in [2.24, 2.45) is 0 Å². The van der Waals surface area contributed by atoms with Crippen molar-refractivity contribution in [3.63, 3.8) is 0 Å². The van der Waals surface area contributed by atoms with Gasteiger partial charge in [-0.3, -0.25) is 14.6 Å². The second-order valence-electron chi connectivity index (χ2n) is 8.78. The van der Waals surface area contributed by atoms with E-state index in [0.717, 1.165) is 11.3 Å². The molecule has 3 heterocycles. The average molecular weight is 482 g/mol. The number of likely N-dealkylation sites (tertiary alicyclic amines) is 1. The standard InChI is InChI=1S/C24H24FN5O3S/c1-34(32,33)30-16-24(19-7-2-3-8-21(19)30)9-11-29(12-10-24)23(31)28-22-15-26-20(14-27-22)17-5-4-6-18(25)13-17/h2-8,13-15H,9-12,16H2,1H3,(H,27,28,31). The number of amides is 2. The molecule has 1 saturated heterocycles. The zero-order valence-electron chi connectivity index (χ0n) is 18.6. The van der Waals surface area contributed by atoms with Gasteiger partial charge in [-0.25, -0.2) is 22.6 Å². The highest BCUT2D eigenvalue weighted by Gasteiger charge is 2.47. The van der Waals surface area contributed by atoms with Crippen LogP contribution in [-0.4, -0.2) is 55.2 Å². The van der Waals surface area contributed by atoms with E-state index in [9.17, 15) is 17.6 Å². The molecule has 5 rings (SSSR count). The maximum atomic E-state index is 13.4. The van der Waals surface area contributed by atoms with Crippen molar-refractivity contribution in [1.29, 1.82) is 0 Å². The number of hydrogen-bond donors (Lipinski definition) is 1. The van der Waals surface area contributed by atoms with Crippen LogP contribution in [-0.2, 0) is 15.4 Å². The molecule has 1 spiro atoms. The SMILES string of the molecule is CS(=O)(=O)N1CC2(CCN(C(=O)Nc3cnc(-c4cccc(F)c4)cn3)CC2)c2ccccc21. The molecule has 2 aliphatic heterocycles. The van der Waals surface area contributed by atoms with E-state index in [1.54, 1.807) is 17.0 Å². The third kappa shape index (κ3) is 4.09. The Balaban J connectivity index is 1.25. The summed E-state index contributed by atoms with van der Waals surface area (Å²) in [5.74, 6) is -0.0519. The van der Waals surface area contributed by atoms with E-state index in [-0.39, 0.29) is 17.3 Å². The number of para-hydroxylation sites is 1. The highest BCUT2D eigenvalue weighted by atomic mass is 32.2. The molecule has 8 nitrogen and oxygen atoms in total. The van der Waals surface area contributed by atoms with E-state index in [2.05, 4.69) is 15.3 Å². The molecule has 0 radical (unpaired) electrons. The fraction of sp³-hybridized carbons (Fsp3) is 0.292. The first-order valence-electron chi connectivity index (χ1n) is 11.0. The molecular formula is C24H24FN5O3S. The lowest BCUT2D eigenvalue weighted by molar-refractivity contribution is 0.173. The Morgan fingerprint density at radius 3 is 2.50 bits per heavy atom. The number of anilines is 2. The number of hydrogen-bond acceptors (Lipinski definition) is 5. The molecule has 3 aromatic rings. The Morgan fingerprint density at radius 2 is 1.82 bits per heavy atom. The first kappa shape index (κ1) is 22.3. The second-order valence-corrected chi connectivity index (χ2v) is 10.7. The Hall–Kier alpha value is -3.53. The van der Waals surface area contributed by atoms with Crippen LogP contribution < -0.4 is 9.62 Å². The van der Waals surface area contributed by atoms with E-state index < -0.39 is 10.0 Å². The van der Waals surface area contributed by atoms with Gasteiger partial charge in [-0.2, -0.15) is 0 Å². The zero-order chi connectivity index (χ0) is 23.9. The fourth-order valence-electron chi connectivity index (χ4n) is 4.82. The highest BCUT2D eigenvalue weighted by molar-refractivity contribution is 7.92. The van der Waals surface area contributed by atoms with Crippen LogP contribution in [0.15, 0.2) is 60.9 Å². The first-order chi connectivity index (χ1) is 16.2. The van der Waals surface area contributed by atoms with Gasteiger partial charge in [-0.15, -0.1) is 0 Å². The lowest BCUT2D eigenvalue weighted by atomic mass is 9.74. The second kappa shape index (κ2) is 8.35. The monoisotopic (exact) mass is 481 g/mol. The zero-order valence-corrected chi connectivity index (χ0v) is 19.4. The minimum Gasteiger partial charge on any atom is -0.324 e. The van der Waals surface area contributed by atoms with Gasteiger partial charge < -0.3 is 4.90 Å². The Bertz CT molecular complexity index is 1340. The summed E-state index contributed by atoms with van der Waals surface area (Å²) < 4.78 is 39.6. The number of benzene rings is 2. The fourth-order valence-corrected chi connectivity index (χ4v) is 5.82. The molecule has 1 fully saturated rings. The van der Waals surface area contributed by atoms with Crippen LogP contribution in [0, 0.1) is 5.82 Å². The van der Waals surface area contributed by atoms with Crippen LogP contribution in [0.3, 0.4) is 0 Å². The van der Waals surface area contributed by atoms with E-state index in [1.807, 2.05) is 24.3 Å². The topological polar surface area (TPSA) is 95.5 Å². The predicted molar refractivity (Wildman–Crippen MR) is 128 cm³/mol. The molecule has 2 amide bonds. The van der Waals surface area contributed by atoms with Crippen LogP contribution in [0.5, 0.6) is 0 Å². The third-order valence-electron chi connectivity index (χ3n) is 6.61. The van der Waals surface area contributed by atoms with Gasteiger partial charge in [0.25, 0.3) is 0 Å². The molecule has 2 aliphatic rings. The number of aromatic nitrogens is 2. The summed E-state index contributed by atoms with van der Waals surface area (Å²) in [5, 5.41) is 2.77. The summed E-state index contributed by atoms with van der Waals surface area (Å²) in [5.41, 5.74) is 2.57. The molecule has 0 aliphatic carbocycles. The normalized spacial score (nSPS) is 17.0. The summed E-state index contributed by atoms with van der Waals surface area (Å²) in [6, 6.07) is 13.4. The van der Waals surface area contributed by atoms with Gasteiger partial charge in [0.05, 0.1) is 30.0 Å². The molecule has 0 saturated carbocycles. The van der Waals surface area contributed by atoms with Gasteiger partial charge in [-0.05, 0) is 36.6 Å². The molecule has 0 atom stereocenters. The summed E-state index contributed by atoms with van der Waals surface area (Å²) in [7, 11) is -3.38. The van der Waals surface area contributed by atoms with Crippen molar-refractivity contribution < 1.29 is 17.6 Å². The van der Waals surface area contributed by atoms with Crippen LogP contribution >= 0.6 is 0 Å². The van der Waals surface area contributed by atoms with Gasteiger partial charge in [0, 0.05) is 30.6 Å². The number of fused-ring (bicyclic) bond motifs is 2. The van der Waals surface area contributed by atoms with Crippen LogP contribution in [0.25, 0.3) is 11.3 Å². The molecule has 1 N–H and O–H groups in total. The van der Waals surface area contributed by atoms with E-state index >= 15 is 0 Å². The minimum atomic E-state index is -3.38. The van der Waals surface area contributed by atoms with Crippen LogP contribution in [0.2, 0.25) is 0 Å². The summed E-state index contributed by atoms with van der Waals surface area (Å²) in [6.45, 7) is 1.38. The third-order valence-corrected chi connectivity index (χ3v) is 7.73. The van der Waals surface area contributed by atoms with Crippen molar-refractivity contribution in [1.82, 2.24) is 14.9 Å². The molecule has 2 aromatic carbocycles. The first-order valence-corrected chi connectivity index (χ1v) is 12.8. The lowest BCUT2D eigenvalue weighted by Gasteiger charge is -2.39. The molecule has 1 aromatic heterocycles. The Morgan fingerprint density at radius 1 is 1.06 bits per heavy atom. The number of urea groups is 1. The van der Waals surface area contributed by atoms with Crippen molar-refractivity contribution in [2.75, 3.05) is 35.5 Å². The largest absolute Gasteiger partial charge is 0.324 e. The van der Waals surface area contributed by atoms with Crippen molar-refractivity contribution in [3.05, 3.63) is 72.3 Å². The molecule has 0 bridgehead atoms. The van der Waals surface area contributed by atoms with Gasteiger partial charge in [-0.1, -0.05) is 30.3 Å². The van der Waals surface area contributed by atoms with Crippen molar-refractivity contribution >= 4 is 27.6 Å². The number of rotatable bonds is 3. The van der Waals surface area contributed by atoms with Gasteiger partial charge in [0.1, 0.15) is 5.82 Å². The van der Waals surface area contributed by atoms with E-state index in [0.29, 0.717) is 49.6 Å². The number of nitrogens with zero attached hydrogens (tertiary/aromatic N) is 4. The number of piperidine rings is 1. The molecule has 10 heteroatoms. The lowest BCUT2D eigenvalue weighted by Crippen LogP contribution is -2.48. The average Bonchev–Trinajstić information content (AvgIpc) is 3.15. The molecular weight excluding hydrogens is 457 g/mol. The number of carbonyl (C=O) groups excluding carboxylic acids is 1. The summed E-state index contributed by atoms with van der Waals surface area (Å²) in [6.07, 6.45) is 5.48. The maximum absolute atomic E-state index is 13.4. The van der Waals surface area contributed by atoms with Gasteiger partial charge in [0.2, 0.25) is 10.0 Å². The summed E-state index contributed by atoms with van der Waals surface area (Å²) >= 11 is 0. The van der Waals surface area contributed by atoms with Gasteiger partial charge in [0.15, 0.2) is 5.82 Å². The van der Waals surface area contributed by atoms with Crippen molar-refractivity contribution in [2.45, 2.75) is 18.3 Å². The number of sulfonamides is 1. The maximum Gasteiger partial charge on any atom is 0.323 e. The molecule has 176 valence electrons. The smallest absolute Gasteiger partial charge is 0.323 e. The van der Waals surface area contributed by atoms with Gasteiger partial charge >= 0.3 is 6.03 Å². The van der Waals surface area contributed by atoms with Crippen LogP contribution in [0.4, 0.5) is 20.7 Å². The molecule has 34 heavy (non-hydrogen) atoms. The number of nitrogens with one attached hydrogen (secondary N) is 1. The Labute approximate surface area is 197 Å². The molecule has 0 unspecified atom stereocenters. The quantitative estimate of drug-likeness (QED) is 0.616. The van der Waals surface area contributed by atoms with E-state index in [1.165, 1.54) is 35.1 Å². The van der Waals surface area contributed by atoms with E-state index in [4.69, 9.17) is 0 Å². The van der Waals surface area contributed by atoms with Crippen LogP contribution in [0.1, 0.15) is 18.4 Å². The minimum absolute atomic E-state index is 0.283. The number of carbonyl (C=O) groups is 1. The summed E-state index contributed by atoms with van der Waals surface area (Å²) in [4.78, 5) is 23.1.